The molecule has 0 unspecified atom stereocenters. The quantitative estimate of drug-likeness (QED) is 0.933. The Bertz CT molecular complexity index is 539. The van der Waals surface area contributed by atoms with Gasteiger partial charge in [0.2, 0.25) is 0 Å². The first kappa shape index (κ1) is 13.2. The lowest BCUT2D eigenvalue weighted by Gasteiger charge is -2.06. The highest BCUT2D eigenvalue weighted by molar-refractivity contribution is 8.00. The fraction of sp³-hybridized carbons (Fsp3) is 0.364. The van der Waals surface area contributed by atoms with Crippen molar-refractivity contribution in [2.24, 2.45) is 0 Å². The van der Waals surface area contributed by atoms with Crippen molar-refractivity contribution in [3.8, 4) is 0 Å². The number of halogens is 3. The first-order valence-electron chi connectivity index (χ1n) is 5.25. The van der Waals surface area contributed by atoms with E-state index in [0.717, 1.165) is 5.39 Å². The topological polar surface area (TPSA) is 38.0 Å². The number of fused-ring (bicyclic) bond motifs is 1. The summed E-state index contributed by atoms with van der Waals surface area (Å²) in [4.78, 5) is 4.13. The second-order valence-electron chi connectivity index (χ2n) is 3.67. The smallest absolute Gasteiger partial charge is 0.392 e. The molecule has 0 bridgehead atoms. The molecule has 0 saturated carbocycles. The van der Waals surface area contributed by atoms with Gasteiger partial charge in [0.15, 0.2) is 0 Å². The molecule has 2 aromatic heterocycles. The lowest BCUT2D eigenvalue weighted by molar-refractivity contribution is -0.0328. The third kappa shape index (κ3) is 2.97. The Morgan fingerprint density at radius 2 is 2.17 bits per heavy atom. The maximum absolute atomic E-state index is 12.0. The summed E-state index contributed by atoms with van der Waals surface area (Å²) in [7, 11) is 0. The maximum Gasteiger partial charge on any atom is 0.441 e. The van der Waals surface area contributed by atoms with Gasteiger partial charge in [-0.05, 0) is 23.9 Å². The summed E-state index contributed by atoms with van der Waals surface area (Å²) < 4.78 is 37.8. The van der Waals surface area contributed by atoms with Crippen LogP contribution in [-0.2, 0) is 13.2 Å². The highest BCUT2D eigenvalue weighted by Gasteiger charge is 2.27. The SMILES string of the molecule is OCc1cn(CCSC(F)(F)F)c2ncccc12. The molecule has 0 amide bonds. The molecular formula is C11H11F3N2OS. The van der Waals surface area contributed by atoms with Crippen LogP contribution < -0.4 is 0 Å². The van der Waals surface area contributed by atoms with Gasteiger partial charge in [-0.2, -0.15) is 13.2 Å². The Morgan fingerprint density at radius 3 is 2.83 bits per heavy atom. The molecule has 0 fully saturated rings. The van der Waals surface area contributed by atoms with Crippen LogP contribution in [0.5, 0.6) is 0 Å². The van der Waals surface area contributed by atoms with Gasteiger partial charge in [0.05, 0.1) is 6.61 Å². The molecule has 98 valence electrons. The lowest BCUT2D eigenvalue weighted by Crippen LogP contribution is -2.06. The number of thioether (sulfide) groups is 1. The van der Waals surface area contributed by atoms with Crippen LogP contribution >= 0.6 is 11.8 Å². The molecule has 0 saturated heterocycles. The molecular weight excluding hydrogens is 265 g/mol. The number of nitrogens with zero attached hydrogens (tertiary/aromatic N) is 2. The Hall–Kier alpha value is -1.21. The number of hydrogen-bond acceptors (Lipinski definition) is 3. The summed E-state index contributed by atoms with van der Waals surface area (Å²) in [5.41, 5.74) is -2.93. The van der Waals surface area contributed by atoms with Crippen molar-refractivity contribution >= 4 is 22.8 Å². The summed E-state index contributed by atoms with van der Waals surface area (Å²) >= 11 is -0.0573. The van der Waals surface area contributed by atoms with Gasteiger partial charge >= 0.3 is 5.51 Å². The Balaban J connectivity index is 2.18. The summed E-state index contributed by atoms with van der Waals surface area (Å²) in [6, 6.07) is 3.53. The highest BCUT2D eigenvalue weighted by atomic mass is 32.2. The van der Waals surface area contributed by atoms with E-state index in [9.17, 15) is 18.3 Å². The fourth-order valence-electron chi connectivity index (χ4n) is 1.75. The predicted octanol–water partition coefficient (Wildman–Crippen LogP) is 2.78. The number of alkyl halides is 3. The standard InChI is InChI=1S/C11H11F3N2OS/c12-11(13,14)18-5-4-16-6-8(7-17)9-2-1-3-15-10(9)16/h1-3,6,17H,4-5,7H2. The number of pyridine rings is 1. The number of aliphatic hydroxyl groups excluding tert-OH is 1. The van der Waals surface area contributed by atoms with Gasteiger partial charge in [-0.1, -0.05) is 0 Å². The van der Waals surface area contributed by atoms with E-state index in [1.165, 1.54) is 0 Å². The van der Waals surface area contributed by atoms with E-state index in [1.54, 1.807) is 29.1 Å². The minimum absolute atomic E-state index is 0.0573. The number of rotatable bonds is 4. The van der Waals surface area contributed by atoms with E-state index in [2.05, 4.69) is 4.98 Å². The van der Waals surface area contributed by atoms with E-state index >= 15 is 0 Å². The van der Waals surface area contributed by atoms with Gasteiger partial charge in [-0.15, -0.1) is 0 Å². The fourth-order valence-corrected chi connectivity index (χ4v) is 2.27. The van der Waals surface area contributed by atoms with E-state index in [4.69, 9.17) is 0 Å². The van der Waals surface area contributed by atoms with Crippen LogP contribution in [0.2, 0.25) is 0 Å². The minimum atomic E-state index is -4.21. The van der Waals surface area contributed by atoms with E-state index in [1.807, 2.05) is 0 Å². The third-order valence-corrected chi connectivity index (χ3v) is 3.20. The largest absolute Gasteiger partial charge is 0.441 e. The minimum Gasteiger partial charge on any atom is -0.392 e. The van der Waals surface area contributed by atoms with Crippen molar-refractivity contribution in [1.82, 2.24) is 9.55 Å². The first-order chi connectivity index (χ1) is 8.51. The van der Waals surface area contributed by atoms with Crippen LogP contribution in [0.25, 0.3) is 11.0 Å². The molecule has 0 aliphatic carbocycles. The van der Waals surface area contributed by atoms with Crippen LogP contribution in [0, 0.1) is 0 Å². The zero-order valence-corrected chi connectivity index (χ0v) is 10.1. The average Bonchev–Trinajstić information content (AvgIpc) is 2.66. The van der Waals surface area contributed by atoms with Crippen molar-refractivity contribution in [2.75, 3.05) is 5.75 Å². The Morgan fingerprint density at radius 1 is 1.39 bits per heavy atom. The second kappa shape index (κ2) is 5.19. The molecule has 0 atom stereocenters. The highest BCUT2D eigenvalue weighted by Crippen LogP contribution is 2.30. The maximum atomic E-state index is 12.0. The van der Waals surface area contributed by atoms with Gasteiger partial charge in [0, 0.05) is 35.6 Å². The van der Waals surface area contributed by atoms with Gasteiger partial charge in [0.1, 0.15) is 5.65 Å². The first-order valence-corrected chi connectivity index (χ1v) is 6.24. The van der Waals surface area contributed by atoms with E-state index in [0.29, 0.717) is 11.2 Å². The predicted molar refractivity (Wildman–Crippen MR) is 64.2 cm³/mol. The zero-order chi connectivity index (χ0) is 13.2. The molecule has 18 heavy (non-hydrogen) atoms. The number of aliphatic hydroxyl groups is 1. The van der Waals surface area contributed by atoms with Crippen LogP contribution in [0.3, 0.4) is 0 Å². The van der Waals surface area contributed by atoms with Crippen molar-refractivity contribution in [1.29, 1.82) is 0 Å². The molecule has 0 aromatic carbocycles. The molecule has 1 N–H and O–H groups in total. The van der Waals surface area contributed by atoms with Crippen molar-refractivity contribution in [3.63, 3.8) is 0 Å². The number of aryl methyl sites for hydroxylation is 1. The third-order valence-electron chi connectivity index (χ3n) is 2.48. The summed E-state index contributed by atoms with van der Waals surface area (Å²) in [5.74, 6) is -0.0747. The molecule has 2 rings (SSSR count). The summed E-state index contributed by atoms with van der Waals surface area (Å²) in [5, 5.41) is 9.95. The van der Waals surface area contributed by atoms with Gasteiger partial charge in [-0.25, -0.2) is 4.98 Å². The molecule has 0 aliphatic heterocycles. The van der Waals surface area contributed by atoms with Crippen LogP contribution in [0.4, 0.5) is 13.2 Å². The lowest BCUT2D eigenvalue weighted by atomic mass is 10.2. The Kier molecular flexibility index (Phi) is 3.82. The van der Waals surface area contributed by atoms with E-state index in [-0.39, 0.29) is 30.7 Å². The van der Waals surface area contributed by atoms with Gasteiger partial charge < -0.3 is 9.67 Å². The van der Waals surface area contributed by atoms with E-state index < -0.39 is 5.51 Å². The normalized spacial score (nSPS) is 12.2. The molecule has 0 aliphatic rings. The molecule has 0 spiro atoms. The van der Waals surface area contributed by atoms with Crippen LogP contribution in [-0.4, -0.2) is 25.9 Å². The molecule has 3 nitrogen and oxygen atoms in total. The van der Waals surface area contributed by atoms with Crippen LogP contribution in [0.15, 0.2) is 24.5 Å². The number of hydrogen-bond donors (Lipinski definition) is 1. The monoisotopic (exact) mass is 276 g/mol. The molecule has 2 aromatic rings. The summed E-state index contributed by atoms with van der Waals surface area (Å²) in [6.45, 7) is 0.0549. The van der Waals surface area contributed by atoms with Crippen LogP contribution in [0.1, 0.15) is 5.56 Å². The van der Waals surface area contributed by atoms with Crippen molar-refractivity contribution in [3.05, 3.63) is 30.1 Å². The molecule has 7 heteroatoms. The zero-order valence-electron chi connectivity index (χ0n) is 9.31. The number of aromatic nitrogens is 2. The van der Waals surface area contributed by atoms with Gasteiger partial charge in [0.25, 0.3) is 0 Å². The summed E-state index contributed by atoms with van der Waals surface area (Å²) in [6.07, 6.45) is 3.23. The Labute approximate surface area is 106 Å². The molecule has 2 heterocycles. The average molecular weight is 276 g/mol. The molecule has 0 radical (unpaired) electrons. The van der Waals surface area contributed by atoms with Crippen molar-refractivity contribution in [2.45, 2.75) is 18.7 Å². The second-order valence-corrected chi connectivity index (χ2v) is 4.83. The van der Waals surface area contributed by atoms with Gasteiger partial charge in [-0.3, -0.25) is 0 Å². The van der Waals surface area contributed by atoms with Crippen molar-refractivity contribution < 1.29 is 18.3 Å².